The number of rotatable bonds is 2. The van der Waals surface area contributed by atoms with Gasteiger partial charge >= 0.3 is 0 Å². The molecule has 0 aliphatic carbocycles. The molecule has 17 heavy (non-hydrogen) atoms. The highest BCUT2D eigenvalue weighted by Gasteiger charge is 2.28. The highest BCUT2D eigenvalue weighted by Crippen LogP contribution is 2.25. The maximum atomic E-state index is 10.2. The Kier molecular flexibility index (Phi) is 4.07. The number of aliphatic hydroxyl groups is 1. The fourth-order valence-corrected chi connectivity index (χ4v) is 2.56. The van der Waals surface area contributed by atoms with E-state index in [0.717, 1.165) is 36.8 Å². The summed E-state index contributed by atoms with van der Waals surface area (Å²) in [6.45, 7) is 2.22. The van der Waals surface area contributed by atoms with Crippen molar-refractivity contribution in [3.8, 4) is 0 Å². The molecule has 0 saturated carbocycles. The van der Waals surface area contributed by atoms with Crippen molar-refractivity contribution in [1.82, 2.24) is 0 Å². The molecule has 1 atom stereocenters. The highest BCUT2D eigenvalue weighted by atomic mass is 79.9. The minimum atomic E-state index is -0.663. The van der Waals surface area contributed by atoms with Gasteiger partial charge in [-0.05, 0) is 43.5 Å². The monoisotopic (exact) mass is 298 g/mol. The Bertz CT molecular complexity index is 368. The molecular weight excluding hydrogens is 280 g/mol. The Morgan fingerprint density at radius 2 is 1.94 bits per heavy atom. The van der Waals surface area contributed by atoms with Gasteiger partial charge in [0, 0.05) is 29.8 Å². The lowest BCUT2D eigenvalue weighted by Gasteiger charge is -2.26. The van der Waals surface area contributed by atoms with Crippen LogP contribution in [0.4, 0.5) is 5.69 Å². The van der Waals surface area contributed by atoms with Crippen LogP contribution < -0.4 is 10.6 Å². The molecule has 1 unspecified atom stereocenters. The first-order valence-corrected chi connectivity index (χ1v) is 6.85. The normalized spacial score (nSPS) is 25.7. The first-order chi connectivity index (χ1) is 8.13. The Morgan fingerprint density at radius 1 is 1.24 bits per heavy atom. The topological polar surface area (TPSA) is 49.5 Å². The van der Waals surface area contributed by atoms with E-state index in [1.54, 1.807) is 0 Å². The van der Waals surface area contributed by atoms with Crippen LogP contribution in [-0.4, -0.2) is 30.3 Å². The molecule has 3 N–H and O–H groups in total. The third kappa shape index (κ3) is 3.21. The van der Waals surface area contributed by atoms with Gasteiger partial charge in [0.1, 0.15) is 0 Å². The number of nitrogens with two attached hydrogens (primary N) is 1. The summed E-state index contributed by atoms with van der Waals surface area (Å²) in [6, 6.07) is 8.32. The van der Waals surface area contributed by atoms with E-state index >= 15 is 0 Å². The largest absolute Gasteiger partial charge is 0.389 e. The van der Waals surface area contributed by atoms with E-state index < -0.39 is 5.60 Å². The molecule has 1 aromatic carbocycles. The van der Waals surface area contributed by atoms with Crippen molar-refractivity contribution >= 4 is 21.6 Å². The van der Waals surface area contributed by atoms with Crippen molar-refractivity contribution in [2.24, 2.45) is 5.73 Å². The fourth-order valence-electron chi connectivity index (χ4n) is 2.29. The summed E-state index contributed by atoms with van der Waals surface area (Å²) in [5, 5.41) is 10.2. The van der Waals surface area contributed by atoms with Gasteiger partial charge in [0.05, 0.1) is 5.60 Å². The van der Waals surface area contributed by atoms with E-state index in [-0.39, 0.29) is 0 Å². The van der Waals surface area contributed by atoms with Crippen LogP contribution in [0.1, 0.15) is 19.3 Å². The molecule has 1 aromatic rings. The van der Waals surface area contributed by atoms with Crippen LogP contribution in [0.2, 0.25) is 0 Å². The van der Waals surface area contributed by atoms with Gasteiger partial charge in [-0.1, -0.05) is 15.9 Å². The summed E-state index contributed by atoms with van der Waals surface area (Å²) in [5.74, 6) is 0. The standard InChI is InChI=1S/C13H19BrN2O/c14-11-2-4-12(5-3-11)16-8-1-6-13(17,10-15)7-9-16/h2-5,17H,1,6-10,15H2. The van der Waals surface area contributed by atoms with E-state index in [1.165, 1.54) is 5.69 Å². The van der Waals surface area contributed by atoms with Gasteiger partial charge < -0.3 is 15.7 Å². The number of nitrogens with zero attached hydrogens (tertiary/aromatic N) is 1. The zero-order valence-corrected chi connectivity index (χ0v) is 11.5. The molecule has 4 heteroatoms. The number of hydrogen-bond donors (Lipinski definition) is 2. The summed E-state index contributed by atoms with van der Waals surface area (Å²) in [4.78, 5) is 2.32. The summed E-state index contributed by atoms with van der Waals surface area (Å²) < 4.78 is 1.09. The molecule has 0 spiro atoms. The molecule has 0 radical (unpaired) electrons. The van der Waals surface area contributed by atoms with Crippen molar-refractivity contribution < 1.29 is 5.11 Å². The number of benzene rings is 1. The Morgan fingerprint density at radius 3 is 2.59 bits per heavy atom. The van der Waals surface area contributed by atoms with Gasteiger partial charge in [0.2, 0.25) is 0 Å². The third-order valence-electron chi connectivity index (χ3n) is 3.49. The van der Waals surface area contributed by atoms with Crippen molar-refractivity contribution in [2.45, 2.75) is 24.9 Å². The minimum Gasteiger partial charge on any atom is -0.389 e. The average molecular weight is 299 g/mol. The van der Waals surface area contributed by atoms with Crippen LogP contribution in [0, 0.1) is 0 Å². The van der Waals surface area contributed by atoms with Gasteiger partial charge in [0.15, 0.2) is 0 Å². The highest BCUT2D eigenvalue weighted by molar-refractivity contribution is 9.10. The van der Waals surface area contributed by atoms with E-state index in [2.05, 4.69) is 45.1 Å². The zero-order valence-electron chi connectivity index (χ0n) is 9.90. The summed E-state index contributed by atoms with van der Waals surface area (Å²) in [7, 11) is 0. The van der Waals surface area contributed by atoms with E-state index in [0.29, 0.717) is 6.54 Å². The lowest BCUT2D eigenvalue weighted by Crippen LogP contribution is -2.38. The molecule has 2 rings (SSSR count). The Labute approximate surface area is 111 Å². The summed E-state index contributed by atoms with van der Waals surface area (Å²) in [6.07, 6.45) is 2.54. The van der Waals surface area contributed by atoms with Gasteiger partial charge in [-0.25, -0.2) is 0 Å². The number of halogens is 1. The molecule has 1 aliphatic rings. The van der Waals surface area contributed by atoms with Gasteiger partial charge in [0.25, 0.3) is 0 Å². The van der Waals surface area contributed by atoms with E-state index in [4.69, 9.17) is 5.73 Å². The second kappa shape index (κ2) is 5.38. The molecular formula is C13H19BrN2O. The summed E-state index contributed by atoms with van der Waals surface area (Å²) >= 11 is 3.44. The molecule has 1 saturated heterocycles. The first kappa shape index (κ1) is 12.9. The van der Waals surface area contributed by atoms with Crippen LogP contribution in [-0.2, 0) is 0 Å². The Hall–Kier alpha value is -0.580. The van der Waals surface area contributed by atoms with Gasteiger partial charge in [-0.15, -0.1) is 0 Å². The first-order valence-electron chi connectivity index (χ1n) is 6.06. The van der Waals surface area contributed by atoms with Crippen LogP contribution in [0.5, 0.6) is 0 Å². The molecule has 94 valence electrons. The second-order valence-corrected chi connectivity index (χ2v) is 5.66. The van der Waals surface area contributed by atoms with Crippen LogP contribution in [0.3, 0.4) is 0 Å². The maximum absolute atomic E-state index is 10.2. The maximum Gasteiger partial charge on any atom is 0.0786 e. The molecule has 0 aromatic heterocycles. The van der Waals surface area contributed by atoms with Crippen molar-refractivity contribution in [1.29, 1.82) is 0 Å². The smallest absolute Gasteiger partial charge is 0.0786 e. The van der Waals surface area contributed by atoms with Crippen LogP contribution in [0.15, 0.2) is 28.7 Å². The minimum absolute atomic E-state index is 0.362. The van der Waals surface area contributed by atoms with E-state index in [1.807, 2.05) is 0 Å². The molecule has 0 bridgehead atoms. The molecule has 1 fully saturated rings. The lowest BCUT2D eigenvalue weighted by atomic mass is 9.95. The second-order valence-electron chi connectivity index (χ2n) is 4.75. The third-order valence-corrected chi connectivity index (χ3v) is 4.02. The lowest BCUT2D eigenvalue weighted by molar-refractivity contribution is 0.0375. The summed E-state index contributed by atoms with van der Waals surface area (Å²) in [5.41, 5.74) is 6.19. The number of anilines is 1. The van der Waals surface area contributed by atoms with Crippen molar-refractivity contribution in [3.63, 3.8) is 0 Å². The van der Waals surface area contributed by atoms with Gasteiger partial charge in [-0.3, -0.25) is 0 Å². The molecule has 0 amide bonds. The van der Waals surface area contributed by atoms with Crippen molar-refractivity contribution in [2.75, 3.05) is 24.5 Å². The van der Waals surface area contributed by atoms with Crippen LogP contribution in [0.25, 0.3) is 0 Å². The Balaban J connectivity index is 2.06. The van der Waals surface area contributed by atoms with Crippen molar-refractivity contribution in [3.05, 3.63) is 28.7 Å². The quantitative estimate of drug-likeness (QED) is 0.879. The molecule has 3 nitrogen and oxygen atoms in total. The zero-order chi connectivity index (χ0) is 12.3. The fraction of sp³-hybridized carbons (Fsp3) is 0.538. The average Bonchev–Trinajstić information content (AvgIpc) is 2.53. The predicted molar refractivity (Wildman–Crippen MR) is 74.2 cm³/mol. The molecule has 1 aliphatic heterocycles. The van der Waals surface area contributed by atoms with Crippen LogP contribution >= 0.6 is 15.9 Å². The van der Waals surface area contributed by atoms with E-state index in [9.17, 15) is 5.11 Å². The predicted octanol–water partition coefficient (Wildman–Crippen LogP) is 2.13. The number of hydrogen-bond acceptors (Lipinski definition) is 3. The van der Waals surface area contributed by atoms with Gasteiger partial charge in [-0.2, -0.15) is 0 Å². The SMILES string of the molecule is NCC1(O)CCCN(c2ccc(Br)cc2)CC1. The molecule has 1 heterocycles.